The lowest BCUT2D eigenvalue weighted by Crippen LogP contribution is -2.33. The number of halogens is 1. The van der Waals surface area contributed by atoms with Gasteiger partial charge in [-0.3, -0.25) is 4.79 Å². The largest absolute Gasteiger partial charge is 0.356 e. The highest BCUT2D eigenvalue weighted by Gasteiger charge is 2.20. The van der Waals surface area contributed by atoms with Gasteiger partial charge in [0.15, 0.2) is 0 Å². The van der Waals surface area contributed by atoms with Gasteiger partial charge in [0.2, 0.25) is 5.91 Å². The number of thiazole rings is 1. The first kappa shape index (κ1) is 17.1. The second kappa shape index (κ2) is 7.88. The topological polar surface area (TPSA) is 42.0 Å². The molecule has 1 fully saturated rings. The van der Waals surface area contributed by atoms with Gasteiger partial charge < -0.3 is 5.32 Å². The molecule has 1 aliphatic rings. The number of rotatable bonds is 5. The molecule has 0 bridgehead atoms. The number of nitrogens with one attached hydrogen (secondary N) is 1. The molecule has 0 atom stereocenters. The van der Waals surface area contributed by atoms with E-state index in [0.717, 1.165) is 35.5 Å². The van der Waals surface area contributed by atoms with Gasteiger partial charge in [0.25, 0.3) is 0 Å². The zero-order valence-electron chi connectivity index (χ0n) is 14.0. The fourth-order valence-electron chi connectivity index (χ4n) is 3.18. The molecule has 0 saturated heterocycles. The fraction of sp³-hybridized carbons (Fsp3) is 0.474. The zero-order valence-corrected chi connectivity index (χ0v) is 14.8. The first-order valence-corrected chi connectivity index (χ1v) is 9.45. The number of hydrogen-bond acceptors (Lipinski definition) is 3. The number of aryl methyl sites for hydroxylation is 1. The summed E-state index contributed by atoms with van der Waals surface area (Å²) in [5.74, 6) is 0.171. The summed E-state index contributed by atoms with van der Waals surface area (Å²) in [4.78, 5) is 17.9. The van der Waals surface area contributed by atoms with Crippen molar-refractivity contribution in [3.63, 3.8) is 0 Å². The van der Waals surface area contributed by atoms with Crippen LogP contribution in [0.4, 0.5) is 4.39 Å². The Hall–Kier alpha value is -1.75. The molecular formula is C19H23FN2OS. The van der Waals surface area contributed by atoms with E-state index in [9.17, 15) is 9.18 Å². The molecule has 1 heterocycles. The highest BCUT2D eigenvalue weighted by Crippen LogP contribution is 2.28. The van der Waals surface area contributed by atoms with E-state index in [1.54, 1.807) is 23.5 Å². The van der Waals surface area contributed by atoms with E-state index in [0.29, 0.717) is 6.54 Å². The summed E-state index contributed by atoms with van der Waals surface area (Å²) in [5.41, 5.74) is 1.92. The van der Waals surface area contributed by atoms with Crippen LogP contribution >= 0.6 is 11.3 Å². The van der Waals surface area contributed by atoms with Crippen molar-refractivity contribution in [2.45, 2.75) is 45.4 Å². The van der Waals surface area contributed by atoms with Crippen molar-refractivity contribution in [1.82, 2.24) is 10.3 Å². The van der Waals surface area contributed by atoms with E-state index < -0.39 is 0 Å². The van der Waals surface area contributed by atoms with Crippen LogP contribution in [0.3, 0.4) is 0 Å². The second-order valence-electron chi connectivity index (χ2n) is 6.41. The molecule has 1 amide bonds. The number of benzene rings is 1. The summed E-state index contributed by atoms with van der Waals surface area (Å²) in [6, 6.07) is 6.41. The molecule has 1 saturated carbocycles. The van der Waals surface area contributed by atoms with Crippen molar-refractivity contribution in [1.29, 1.82) is 0 Å². The Bertz CT molecular complexity index is 690. The van der Waals surface area contributed by atoms with E-state index in [-0.39, 0.29) is 17.6 Å². The fourth-order valence-corrected chi connectivity index (χ4v) is 4.25. The Kier molecular flexibility index (Phi) is 5.61. The van der Waals surface area contributed by atoms with E-state index in [1.165, 1.54) is 36.3 Å². The van der Waals surface area contributed by atoms with E-state index in [4.69, 9.17) is 0 Å². The molecule has 3 nitrogen and oxygen atoms in total. The van der Waals surface area contributed by atoms with Crippen LogP contribution in [-0.2, 0) is 11.2 Å². The van der Waals surface area contributed by atoms with Crippen LogP contribution in [-0.4, -0.2) is 17.4 Å². The van der Waals surface area contributed by atoms with Crippen LogP contribution in [0.1, 0.15) is 42.7 Å². The quantitative estimate of drug-likeness (QED) is 0.866. The first-order chi connectivity index (χ1) is 11.6. The summed E-state index contributed by atoms with van der Waals surface area (Å²) in [6.45, 7) is 2.64. The molecule has 3 rings (SSSR count). The van der Waals surface area contributed by atoms with E-state index >= 15 is 0 Å². The van der Waals surface area contributed by atoms with Crippen LogP contribution in [0.5, 0.6) is 0 Å². The molecule has 128 valence electrons. The molecule has 1 N–H and O–H groups in total. The smallest absolute Gasteiger partial charge is 0.223 e. The van der Waals surface area contributed by atoms with Gasteiger partial charge in [0.05, 0.1) is 5.69 Å². The van der Waals surface area contributed by atoms with Crippen LogP contribution in [0.25, 0.3) is 10.6 Å². The normalized spacial score (nSPS) is 15.4. The summed E-state index contributed by atoms with van der Waals surface area (Å²) in [7, 11) is 0. The Balaban J connectivity index is 1.55. The number of carbonyl (C=O) groups excluding carboxylic acids is 1. The highest BCUT2D eigenvalue weighted by molar-refractivity contribution is 7.15. The number of aromatic nitrogens is 1. The summed E-state index contributed by atoms with van der Waals surface area (Å²) < 4.78 is 13.0. The maximum absolute atomic E-state index is 13.0. The Morgan fingerprint density at radius 2 is 1.96 bits per heavy atom. The molecule has 0 radical (unpaired) electrons. The van der Waals surface area contributed by atoms with Gasteiger partial charge >= 0.3 is 0 Å². The van der Waals surface area contributed by atoms with Crippen molar-refractivity contribution in [3.05, 3.63) is 40.7 Å². The monoisotopic (exact) mass is 346 g/mol. The van der Waals surface area contributed by atoms with Gasteiger partial charge in [0, 0.05) is 29.3 Å². The predicted octanol–water partition coefficient (Wildman–Crippen LogP) is 4.50. The first-order valence-electron chi connectivity index (χ1n) is 8.63. The Morgan fingerprint density at radius 3 is 2.67 bits per heavy atom. The predicted molar refractivity (Wildman–Crippen MR) is 95.5 cm³/mol. The highest BCUT2D eigenvalue weighted by atomic mass is 32.1. The van der Waals surface area contributed by atoms with Crippen molar-refractivity contribution < 1.29 is 9.18 Å². The SMILES string of the molecule is Cc1nc(-c2ccc(F)cc2)sc1CCNC(=O)C1CCCCC1. The standard InChI is InChI=1S/C19H23FN2OS/c1-13-17(11-12-21-18(23)14-5-3-2-4-6-14)24-19(22-13)15-7-9-16(20)10-8-15/h7-10,14H,2-6,11-12H2,1H3,(H,21,23). The van der Waals surface area contributed by atoms with Gasteiger partial charge in [-0.1, -0.05) is 19.3 Å². The lowest BCUT2D eigenvalue weighted by Gasteiger charge is -2.20. The number of amides is 1. The molecule has 1 aromatic carbocycles. The summed E-state index contributed by atoms with van der Waals surface area (Å²) in [5, 5.41) is 3.98. The second-order valence-corrected chi connectivity index (χ2v) is 7.49. The Morgan fingerprint density at radius 1 is 1.25 bits per heavy atom. The van der Waals surface area contributed by atoms with Crippen LogP contribution in [0, 0.1) is 18.7 Å². The molecular weight excluding hydrogens is 323 g/mol. The molecule has 0 aliphatic heterocycles. The number of carbonyl (C=O) groups is 1. The van der Waals surface area contributed by atoms with Gasteiger partial charge in [-0.05, 0) is 44.0 Å². The average Bonchev–Trinajstić information content (AvgIpc) is 2.97. The molecule has 24 heavy (non-hydrogen) atoms. The lowest BCUT2D eigenvalue weighted by molar-refractivity contribution is -0.125. The van der Waals surface area contributed by atoms with Gasteiger partial charge in [-0.15, -0.1) is 11.3 Å². The van der Waals surface area contributed by atoms with Crippen molar-refractivity contribution in [3.8, 4) is 10.6 Å². The van der Waals surface area contributed by atoms with Crippen molar-refractivity contribution >= 4 is 17.2 Å². The van der Waals surface area contributed by atoms with Crippen LogP contribution in [0.15, 0.2) is 24.3 Å². The summed E-state index contributed by atoms with van der Waals surface area (Å²) >= 11 is 1.62. The van der Waals surface area contributed by atoms with Crippen LogP contribution in [0.2, 0.25) is 0 Å². The number of nitrogens with zero attached hydrogens (tertiary/aromatic N) is 1. The van der Waals surface area contributed by atoms with Gasteiger partial charge in [-0.2, -0.15) is 0 Å². The van der Waals surface area contributed by atoms with Crippen molar-refractivity contribution in [2.75, 3.05) is 6.54 Å². The van der Waals surface area contributed by atoms with Gasteiger partial charge in [0.1, 0.15) is 10.8 Å². The third kappa shape index (κ3) is 4.20. The maximum atomic E-state index is 13.0. The third-order valence-corrected chi connectivity index (χ3v) is 5.88. The molecule has 2 aromatic rings. The maximum Gasteiger partial charge on any atom is 0.223 e. The zero-order chi connectivity index (χ0) is 16.9. The van der Waals surface area contributed by atoms with E-state index in [1.807, 2.05) is 6.92 Å². The minimum atomic E-state index is -0.238. The molecule has 0 unspecified atom stereocenters. The lowest BCUT2D eigenvalue weighted by atomic mass is 9.89. The minimum Gasteiger partial charge on any atom is -0.356 e. The minimum absolute atomic E-state index is 0.204. The molecule has 1 aromatic heterocycles. The third-order valence-electron chi connectivity index (χ3n) is 4.61. The summed E-state index contributed by atoms with van der Waals surface area (Å²) in [6.07, 6.45) is 6.46. The van der Waals surface area contributed by atoms with Crippen molar-refractivity contribution in [2.24, 2.45) is 5.92 Å². The van der Waals surface area contributed by atoms with Gasteiger partial charge in [-0.25, -0.2) is 9.37 Å². The Labute approximate surface area is 146 Å². The average molecular weight is 346 g/mol. The number of hydrogen-bond donors (Lipinski definition) is 1. The molecule has 5 heteroatoms. The molecule has 0 spiro atoms. The van der Waals surface area contributed by atoms with Crippen LogP contribution < -0.4 is 5.32 Å². The van der Waals surface area contributed by atoms with E-state index in [2.05, 4.69) is 10.3 Å². The molecule has 1 aliphatic carbocycles.